The van der Waals surface area contributed by atoms with E-state index in [1.54, 1.807) is 0 Å². The van der Waals surface area contributed by atoms with E-state index >= 15 is 0 Å². The van der Waals surface area contributed by atoms with Gasteiger partial charge in [-0.3, -0.25) is 4.79 Å². The molecule has 3 aromatic carbocycles. The van der Waals surface area contributed by atoms with E-state index in [4.69, 9.17) is 0 Å². The fourth-order valence-corrected chi connectivity index (χ4v) is 4.56. The lowest BCUT2D eigenvalue weighted by molar-refractivity contribution is 0.620. The molecular formula is C24H17Br2N3O. The number of nitrogens with one attached hydrogen (secondary N) is 2. The molecule has 148 valence electrons. The van der Waals surface area contributed by atoms with Crippen LogP contribution in [-0.4, -0.2) is 10.7 Å². The highest BCUT2D eigenvalue weighted by molar-refractivity contribution is 9.10. The van der Waals surface area contributed by atoms with E-state index in [1.165, 1.54) is 0 Å². The number of H-pyrrole nitrogens is 1. The summed E-state index contributed by atoms with van der Waals surface area (Å²) >= 11 is 7.05. The summed E-state index contributed by atoms with van der Waals surface area (Å²) in [5.74, 6) is 0. The van der Waals surface area contributed by atoms with E-state index < -0.39 is 0 Å². The van der Waals surface area contributed by atoms with Gasteiger partial charge in [0.15, 0.2) is 0 Å². The van der Waals surface area contributed by atoms with Gasteiger partial charge in [-0.2, -0.15) is 5.10 Å². The van der Waals surface area contributed by atoms with Gasteiger partial charge >= 0.3 is 0 Å². The molecule has 0 bridgehead atoms. The number of hydrogen-bond acceptors (Lipinski definition) is 3. The van der Waals surface area contributed by atoms with Gasteiger partial charge < -0.3 is 10.4 Å². The summed E-state index contributed by atoms with van der Waals surface area (Å²) in [5, 5.41) is 5.57. The van der Waals surface area contributed by atoms with E-state index in [1.807, 2.05) is 60.7 Å². The Kier molecular flexibility index (Phi) is 5.05. The summed E-state index contributed by atoms with van der Waals surface area (Å²) in [7, 11) is 0. The third kappa shape index (κ3) is 3.50. The minimum atomic E-state index is -0.124. The third-order valence-electron chi connectivity index (χ3n) is 5.35. The maximum Gasteiger partial charge on any atom is 0.258 e. The fraction of sp³-hybridized carbons (Fsp3) is 0.0833. The standard InChI is InChI=1S/C24H17Br2N3O/c25-16-8-6-14(7-9-16)20-13-21(29-28-20)23-22(15-4-2-1-3-5-15)18-12-17(26)10-11-19(18)27-24(23)30/h1-12,20,28H,13H2,(H,27,30). The van der Waals surface area contributed by atoms with Crippen molar-refractivity contribution in [3.8, 4) is 11.1 Å². The van der Waals surface area contributed by atoms with Crippen LogP contribution in [0.3, 0.4) is 0 Å². The lowest BCUT2D eigenvalue weighted by atomic mass is 9.91. The zero-order chi connectivity index (χ0) is 20.7. The molecule has 0 spiro atoms. The lowest BCUT2D eigenvalue weighted by Crippen LogP contribution is -2.20. The summed E-state index contributed by atoms with van der Waals surface area (Å²) < 4.78 is 2.00. The van der Waals surface area contributed by atoms with E-state index in [0.29, 0.717) is 12.0 Å². The first-order valence-corrected chi connectivity index (χ1v) is 11.2. The third-order valence-corrected chi connectivity index (χ3v) is 6.37. The SMILES string of the molecule is O=c1[nH]c2ccc(Br)cc2c(-c2ccccc2)c1C1=NNC(c2ccc(Br)cc2)C1. The van der Waals surface area contributed by atoms with E-state index in [0.717, 1.165) is 42.3 Å². The van der Waals surface area contributed by atoms with Crippen LogP contribution < -0.4 is 11.0 Å². The lowest BCUT2D eigenvalue weighted by Gasteiger charge is -2.14. The highest BCUT2D eigenvalue weighted by atomic mass is 79.9. The normalized spacial score (nSPS) is 15.8. The summed E-state index contributed by atoms with van der Waals surface area (Å²) in [6.07, 6.45) is 0.643. The average Bonchev–Trinajstić information content (AvgIpc) is 3.24. The molecule has 30 heavy (non-hydrogen) atoms. The number of hydrogen-bond donors (Lipinski definition) is 2. The molecule has 1 unspecified atom stereocenters. The number of nitrogens with zero attached hydrogens (tertiary/aromatic N) is 1. The molecule has 1 aliphatic heterocycles. The molecular weight excluding hydrogens is 506 g/mol. The molecule has 0 saturated heterocycles. The maximum atomic E-state index is 13.2. The zero-order valence-corrected chi connectivity index (χ0v) is 19.0. The Bertz CT molecular complexity index is 1330. The summed E-state index contributed by atoms with van der Waals surface area (Å²) in [5.41, 5.74) is 8.34. The minimum Gasteiger partial charge on any atom is -0.321 e. The highest BCUT2D eigenvalue weighted by Crippen LogP contribution is 2.34. The van der Waals surface area contributed by atoms with Crippen LogP contribution >= 0.6 is 31.9 Å². The van der Waals surface area contributed by atoms with Gasteiger partial charge in [0.05, 0.1) is 17.3 Å². The van der Waals surface area contributed by atoms with Gasteiger partial charge in [0, 0.05) is 31.8 Å². The Labute approximate surface area is 190 Å². The molecule has 1 aromatic heterocycles. The van der Waals surface area contributed by atoms with E-state index in [-0.39, 0.29) is 11.6 Å². The number of aromatic amines is 1. The highest BCUT2D eigenvalue weighted by Gasteiger charge is 2.26. The quantitative estimate of drug-likeness (QED) is 0.338. The van der Waals surface area contributed by atoms with Crippen molar-refractivity contribution in [2.24, 2.45) is 5.10 Å². The number of hydrazone groups is 1. The predicted octanol–water partition coefficient (Wildman–Crippen LogP) is 6.16. The fourth-order valence-electron chi connectivity index (χ4n) is 3.93. The van der Waals surface area contributed by atoms with Crippen molar-refractivity contribution < 1.29 is 0 Å². The first kappa shape index (κ1) is 19.3. The van der Waals surface area contributed by atoms with Crippen molar-refractivity contribution in [2.45, 2.75) is 12.5 Å². The van der Waals surface area contributed by atoms with Crippen LogP contribution in [0.5, 0.6) is 0 Å². The number of rotatable bonds is 3. The molecule has 0 amide bonds. The number of fused-ring (bicyclic) bond motifs is 1. The second-order valence-corrected chi connectivity index (χ2v) is 9.09. The molecule has 2 heterocycles. The van der Waals surface area contributed by atoms with Gasteiger partial charge in [0.25, 0.3) is 5.56 Å². The number of halogens is 2. The molecule has 0 radical (unpaired) electrons. The molecule has 4 aromatic rings. The van der Waals surface area contributed by atoms with Crippen molar-refractivity contribution in [3.05, 3.63) is 103 Å². The summed E-state index contributed by atoms with van der Waals surface area (Å²) in [6.45, 7) is 0. The van der Waals surface area contributed by atoms with Gasteiger partial charge in [-0.25, -0.2) is 0 Å². The van der Waals surface area contributed by atoms with Crippen LogP contribution in [0.15, 0.2) is 91.6 Å². The van der Waals surface area contributed by atoms with E-state index in [9.17, 15) is 4.79 Å². The van der Waals surface area contributed by atoms with Gasteiger partial charge in [-0.1, -0.05) is 74.3 Å². The maximum absolute atomic E-state index is 13.2. The van der Waals surface area contributed by atoms with Crippen LogP contribution in [0.25, 0.3) is 22.0 Å². The first-order valence-electron chi connectivity index (χ1n) is 9.59. The van der Waals surface area contributed by atoms with Crippen LogP contribution in [0.1, 0.15) is 23.6 Å². The van der Waals surface area contributed by atoms with Gasteiger partial charge in [-0.05, 0) is 41.5 Å². The van der Waals surface area contributed by atoms with Crippen LogP contribution in [0.2, 0.25) is 0 Å². The van der Waals surface area contributed by atoms with Crippen molar-refractivity contribution in [2.75, 3.05) is 0 Å². The number of benzene rings is 3. The molecule has 2 N–H and O–H groups in total. The molecule has 0 fully saturated rings. The predicted molar refractivity (Wildman–Crippen MR) is 129 cm³/mol. The van der Waals surface area contributed by atoms with Crippen molar-refractivity contribution in [1.29, 1.82) is 0 Å². The summed E-state index contributed by atoms with van der Waals surface area (Å²) in [4.78, 5) is 16.2. The van der Waals surface area contributed by atoms with Gasteiger partial charge in [-0.15, -0.1) is 0 Å². The largest absolute Gasteiger partial charge is 0.321 e. The Morgan fingerprint density at radius 3 is 2.37 bits per heavy atom. The minimum absolute atomic E-state index is 0.0364. The van der Waals surface area contributed by atoms with Crippen LogP contribution in [0.4, 0.5) is 0 Å². The number of aromatic nitrogens is 1. The Morgan fingerprint density at radius 2 is 1.60 bits per heavy atom. The molecule has 1 atom stereocenters. The Morgan fingerprint density at radius 1 is 0.867 bits per heavy atom. The zero-order valence-electron chi connectivity index (χ0n) is 15.8. The monoisotopic (exact) mass is 521 g/mol. The average molecular weight is 523 g/mol. The Balaban J connectivity index is 1.67. The molecule has 5 rings (SSSR count). The molecule has 1 aliphatic rings. The molecule has 0 aliphatic carbocycles. The molecule has 6 heteroatoms. The van der Waals surface area contributed by atoms with Crippen molar-refractivity contribution >= 4 is 48.5 Å². The smallest absolute Gasteiger partial charge is 0.258 e. The van der Waals surface area contributed by atoms with E-state index in [2.05, 4.69) is 59.5 Å². The number of pyridine rings is 1. The summed E-state index contributed by atoms with van der Waals surface area (Å²) in [6, 6.07) is 24.2. The second kappa shape index (κ2) is 7.85. The van der Waals surface area contributed by atoms with Crippen molar-refractivity contribution in [1.82, 2.24) is 10.4 Å². The van der Waals surface area contributed by atoms with Crippen LogP contribution in [-0.2, 0) is 0 Å². The topological polar surface area (TPSA) is 57.2 Å². The van der Waals surface area contributed by atoms with Crippen molar-refractivity contribution in [3.63, 3.8) is 0 Å². The molecule has 4 nitrogen and oxygen atoms in total. The van der Waals surface area contributed by atoms with Crippen LogP contribution in [0, 0.1) is 0 Å². The molecule has 0 saturated carbocycles. The second-order valence-electron chi connectivity index (χ2n) is 7.26. The van der Waals surface area contributed by atoms with Gasteiger partial charge in [0.1, 0.15) is 0 Å². The van der Waals surface area contributed by atoms with Gasteiger partial charge in [0.2, 0.25) is 0 Å². The Hall–Kier alpha value is -2.70. The first-order chi connectivity index (χ1) is 14.6.